The summed E-state index contributed by atoms with van der Waals surface area (Å²) in [6.07, 6.45) is 3.96. The van der Waals surface area contributed by atoms with Crippen LogP contribution in [-0.2, 0) is 4.79 Å². The van der Waals surface area contributed by atoms with Gasteiger partial charge in [0.1, 0.15) is 23.4 Å². The number of nitriles is 1. The number of amides is 1. The molecule has 3 unspecified atom stereocenters. The third-order valence-electron chi connectivity index (χ3n) is 7.86. The summed E-state index contributed by atoms with van der Waals surface area (Å²) < 4.78 is 11.5. The molecule has 0 spiro atoms. The number of rotatable bonds is 11. The summed E-state index contributed by atoms with van der Waals surface area (Å²) in [6, 6.07) is 24.9. The molecule has 0 aromatic heterocycles. The highest BCUT2D eigenvalue weighted by Crippen LogP contribution is 2.32. The number of phenols is 1. The molecule has 2 bridgehead atoms. The number of benzene rings is 3. The molecule has 2 heterocycles. The number of ether oxygens (including phenoxy) is 2. The summed E-state index contributed by atoms with van der Waals surface area (Å²) in [6.45, 7) is 3.17. The first kappa shape index (κ1) is 27.5. The average Bonchev–Trinajstić information content (AvgIpc) is 3.21. The lowest BCUT2D eigenvalue weighted by molar-refractivity contribution is -0.118. The number of anilines is 1. The number of likely N-dealkylation sites (tertiary alicyclic amines) is 1. The minimum absolute atomic E-state index is 0.00894. The Bertz CT molecular complexity index is 1290. The molecule has 2 aliphatic rings. The maximum absolute atomic E-state index is 12.7. The smallest absolute Gasteiger partial charge is 0.238 e. The Morgan fingerprint density at radius 3 is 2.27 bits per heavy atom. The lowest BCUT2D eigenvalue weighted by Crippen LogP contribution is -2.55. The normalized spacial score (nSPS) is 19.5. The Labute approximate surface area is 235 Å². The van der Waals surface area contributed by atoms with Crippen LogP contribution in [0.1, 0.15) is 42.9 Å². The fourth-order valence-corrected chi connectivity index (χ4v) is 5.86. The Morgan fingerprint density at radius 2 is 1.65 bits per heavy atom. The van der Waals surface area contributed by atoms with Crippen molar-refractivity contribution in [2.75, 3.05) is 38.6 Å². The van der Waals surface area contributed by atoms with E-state index >= 15 is 0 Å². The largest absolute Gasteiger partial charge is 0.508 e. The zero-order valence-corrected chi connectivity index (χ0v) is 22.8. The Hall–Kier alpha value is -4.06. The zero-order chi connectivity index (χ0) is 27.9. The molecular formula is C32H36N4O4. The van der Waals surface area contributed by atoms with Crippen LogP contribution in [0.25, 0.3) is 0 Å². The van der Waals surface area contributed by atoms with Crippen LogP contribution < -0.4 is 14.8 Å². The molecule has 3 aromatic carbocycles. The van der Waals surface area contributed by atoms with Crippen molar-refractivity contribution >= 4 is 11.6 Å². The van der Waals surface area contributed by atoms with E-state index < -0.39 is 0 Å². The van der Waals surface area contributed by atoms with Crippen molar-refractivity contribution in [2.45, 2.75) is 43.9 Å². The van der Waals surface area contributed by atoms with Crippen LogP contribution in [0.15, 0.2) is 72.8 Å². The highest BCUT2D eigenvalue weighted by atomic mass is 16.5. The van der Waals surface area contributed by atoms with Gasteiger partial charge in [-0.3, -0.25) is 14.6 Å². The second-order valence-corrected chi connectivity index (χ2v) is 10.6. The molecule has 0 radical (unpaired) electrons. The Balaban J connectivity index is 1.14. The van der Waals surface area contributed by atoms with Crippen LogP contribution in [0.2, 0.25) is 0 Å². The van der Waals surface area contributed by atoms with Gasteiger partial charge >= 0.3 is 0 Å². The lowest BCUT2D eigenvalue weighted by atomic mass is 10.0. The number of methoxy groups -OCH3 is 1. The summed E-state index contributed by atoms with van der Waals surface area (Å²) in [7, 11) is 1.63. The molecule has 2 saturated heterocycles. The molecule has 40 heavy (non-hydrogen) atoms. The van der Waals surface area contributed by atoms with Crippen molar-refractivity contribution in [2.24, 2.45) is 0 Å². The number of nitrogens with one attached hydrogen (secondary N) is 1. The minimum Gasteiger partial charge on any atom is -0.508 e. The predicted molar refractivity (Wildman–Crippen MR) is 153 cm³/mol. The first-order valence-electron chi connectivity index (χ1n) is 13.9. The predicted octanol–water partition coefficient (Wildman–Crippen LogP) is 4.96. The number of carbonyl (C=O) groups excluding carboxylic acids is 1. The van der Waals surface area contributed by atoms with Gasteiger partial charge in [-0.25, -0.2) is 0 Å². The van der Waals surface area contributed by atoms with E-state index in [2.05, 4.69) is 21.2 Å². The summed E-state index contributed by atoms with van der Waals surface area (Å²) in [5, 5.41) is 21.8. The third-order valence-corrected chi connectivity index (χ3v) is 7.86. The quantitative estimate of drug-likeness (QED) is 0.355. The van der Waals surface area contributed by atoms with Gasteiger partial charge in [0, 0.05) is 30.9 Å². The van der Waals surface area contributed by atoms with E-state index in [-0.39, 0.29) is 17.8 Å². The molecule has 208 valence electrons. The van der Waals surface area contributed by atoms with Gasteiger partial charge in [-0.15, -0.1) is 0 Å². The second kappa shape index (κ2) is 12.9. The number of hydrogen-bond donors (Lipinski definition) is 2. The van der Waals surface area contributed by atoms with Gasteiger partial charge in [0.15, 0.2) is 0 Å². The molecule has 8 heteroatoms. The van der Waals surface area contributed by atoms with Crippen molar-refractivity contribution in [3.63, 3.8) is 0 Å². The molecular weight excluding hydrogens is 504 g/mol. The van der Waals surface area contributed by atoms with E-state index in [0.29, 0.717) is 29.9 Å². The maximum Gasteiger partial charge on any atom is 0.238 e. The highest BCUT2D eigenvalue weighted by Gasteiger charge is 2.39. The van der Waals surface area contributed by atoms with Gasteiger partial charge in [0.05, 0.1) is 25.3 Å². The van der Waals surface area contributed by atoms with Gasteiger partial charge in [-0.05, 0) is 98.5 Å². The minimum atomic E-state index is -0.155. The van der Waals surface area contributed by atoms with Crippen LogP contribution in [0.3, 0.4) is 0 Å². The zero-order valence-electron chi connectivity index (χ0n) is 22.8. The van der Waals surface area contributed by atoms with E-state index in [9.17, 15) is 15.2 Å². The standard InChI is InChI=1S/C32H36N4O4/c1-39-29-14-8-25(9-15-29)34-32(38)22-35-20-26-10-11-27(21-35)36(26)18-2-3-31(24-6-4-23(19-33)5-7-24)40-30-16-12-28(37)13-17-30/h4-9,12-17,26-27,31,37H,2-3,10-11,18,20-22H2,1H3,(H,34,38). The van der Waals surface area contributed by atoms with Crippen LogP contribution >= 0.6 is 0 Å². The lowest BCUT2D eigenvalue weighted by Gasteiger charge is -2.41. The highest BCUT2D eigenvalue weighted by molar-refractivity contribution is 5.92. The van der Waals surface area contributed by atoms with Gasteiger partial charge in [0.25, 0.3) is 0 Å². The molecule has 1 amide bonds. The Kier molecular flexibility index (Phi) is 8.84. The molecule has 0 saturated carbocycles. The van der Waals surface area contributed by atoms with Crippen LogP contribution in [-0.4, -0.2) is 66.2 Å². The molecule has 2 N–H and O–H groups in total. The summed E-state index contributed by atoms with van der Waals surface area (Å²) in [4.78, 5) is 17.6. The van der Waals surface area contributed by atoms with Crippen molar-refractivity contribution in [3.05, 3.63) is 83.9 Å². The van der Waals surface area contributed by atoms with E-state index in [1.165, 1.54) is 0 Å². The van der Waals surface area contributed by atoms with Crippen molar-refractivity contribution in [3.8, 4) is 23.3 Å². The molecule has 5 rings (SSSR count). The van der Waals surface area contributed by atoms with Crippen LogP contribution in [0.4, 0.5) is 5.69 Å². The topological polar surface area (TPSA) is 98.1 Å². The number of carbonyl (C=O) groups is 1. The van der Waals surface area contributed by atoms with E-state index in [4.69, 9.17) is 9.47 Å². The average molecular weight is 541 g/mol. The molecule has 2 fully saturated rings. The number of piperazine rings is 1. The first-order valence-corrected chi connectivity index (χ1v) is 13.9. The Morgan fingerprint density at radius 1 is 1.00 bits per heavy atom. The molecule has 2 aliphatic heterocycles. The molecule has 0 aliphatic carbocycles. The van der Waals surface area contributed by atoms with Gasteiger partial charge in [-0.1, -0.05) is 12.1 Å². The fraction of sp³-hybridized carbons (Fsp3) is 0.375. The van der Waals surface area contributed by atoms with Crippen LogP contribution in [0, 0.1) is 11.3 Å². The third kappa shape index (κ3) is 6.92. The number of nitrogens with zero attached hydrogens (tertiary/aromatic N) is 3. The first-order chi connectivity index (χ1) is 19.5. The van der Waals surface area contributed by atoms with Gasteiger partial charge in [-0.2, -0.15) is 5.26 Å². The monoisotopic (exact) mass is 540 g/mol. The van der Waals surface area contributed by atoms with Gasteiger partial charge < -0.3 is 19.9 Å². The maximum atomic E-state index is 12.7. The van der Waals surface area contributed by atoms with Crippen molar-refractivity contribution < 1.29 is 19.4 Å². The SMILES string of the molecule is COc1ccc(NC(=O)CN2CC3CCC(C2)N3CCCC(Oc2ccc(O)cc2)c2ccc(C#N)cc2)cc1. The second-order valence-electron chi connectivity index (χ2n) is 10.6. The van der Waals surface area contributed by atoms with E-state index in [1.54, 1.807) is 31.4 Å². The van der Waals surface area contributed by atoms with Gasteiger partial charge in [0.2, 0.25) is 5.91 Å². The molecule has 3 atom stereocenters. The van der Waals surface area contributed by atoms with Crippen molar-refractivity contribution in [1.82, 2.24) is 9.80 Å². The molecule has 3 aromatic rings. The van der Waals surface area contributed by atoms with Crippen LogP contribution in [0.5, 0.6) is 17.2 Å². The van der Waals surface area contributed by atoms with E-state index in [1.807, 2.05) is 48.5 Å². The summed E-state index contributed by atoms with van der Waals surface area (Å²) in [5.41, 5.74) is 2.43. The summed E-state index contributed by atoms with van der Waals surface area (Å²) in [5.74, 6) is 1.68. The van der Waals surface area contributed by atoms with Crippen molar-refractivity contribution in [1.29, 1.82) is 5.26 Å². The van der Waals surface area contributed by atoms with E-state index in [0.717, 1.165) is 62.3 Å². The number of fused-ring (bicyclic) bond motifs is 2. The number of phenolic OH excluding ortho intramolecular Hbond substituents is 1. The number of aromatic hydroxyl groups is 1. The summed E-state index contributed by atoms with van der Waals surface area (Å²) >= 11 is 0. The number of hydrogen-bond acceptors (Lipinski definition) is 7. The molecule has 8 nitrogen and oxygen atoms in total. The fourth-order valence-electron chi connectivity index (χ4n) is 5.86.